The number of benzene rings is 2. The maximum absolute atomic E-state index is 12.3. The predicted octanol–water partition coefficient (Wildman–Crippen LogP) is 2.76. The van der Waals surface area contributed by atoms with Crippen molar-refractivity contribution in [2.75, 3.05) is 27.9 Å². The molecule has 0 unspecified atom stereocenters. The number of ether oxygens (including phenoxy) is 3. The topological polar surface area (TPSA) is 77.0 Å². The van der Waals surface area contributed by atoms with Gasteiger partial charge in [-0.1, -0.05) is 24.3 Å². The van der Waals surface area contributed by atoms with E-state index in [0.29, 0.717) is 30.1 Å². The van der Waals surface area contributed by atoms with Crippen LogP contribution < -0.4 is 19.5 Å². The summed E-state index contributed by atoms with van der Waals surface area (Å²) < 4.78 is 15.9. The number of hydrogen-bond acceptors (Lipinski definition) is 5. The molecule has 6 heteroatoms. The molecule has 2 N–H and O–H groups in total. The summed E-state index contributed by atoms with van der Waals surface area (Å²) in [7, 11) is 4.62. The number of fused-ring (bicyclic) bond motifs is 1. The summed E-state index contributed by atoms with van der Waals surface area (Å²) in [6.07, 6.45) is 5.08. The summed E-state index contributed by atoms with van der Waals surface area (Å²) in [4.78, 5) is 12.3. The highest BCUT2D eigenvalue weighted by molar-refractivity contribution is 5.92. The first-order valence-electron chi connectivity index (χ1n) is 9.53. The Morgan fingerprint density at radius 3 is 2.38 bits per heavy atom. The molecule has 1 aliphatic rings. The molecule has 2 aromatic carbocycles. The van der Waals surface area contributed by atoms with E-state index >= 15 is 0 Å². The van der Waals surface area contributed by atoms with E-state index in [0.717, 1.165) is 17.5 Å². The second kappa shape index (κ2) is 9.01. The van der Waals surface area contributed by atoms with Gasteiger partial charge in [0, 0.05) is 19.0 Å². The fourth-order valence-electron chi connectivity index (χ4n) is 3.62. The van der Waals surface area contributed by atoms with E-state index < -0.39 is 5.60 Å². The van der Waals surface area contributed by atoms with Gasteiger partial charge in [-0.25, -0.2) is 0 Å². The first kappa shape index (κ1) is 20.7. The average molecular weight is 397 g/mol. The van der Waals surface area contributed by atoms with Crippen molar-refractivity contribution in [3.05, 3.63) is 59.2 Å². The molecule has 0 aromatic heterocycles. The number of carbonyl (C=O) groups excluding carboxylic acids is 1. The maximum atomic E-state index is 12.3. The number of aryl methyl sites for hydroxylation is 1. The molecule has 1 atom stereocenters. The zero-order chi connectivity index (χ0) is 20.9. The SMILES string of the molecule is COc1cc(/C=C/C(=O)NC[C@@]2(O)CCc3ccccc3C2)cc(OC)c1OC. The minimum atomic E-state index is -0.926. The molecule has 1 aliphatic carbocycles. The third kappa shape index (κ3) is 4.90. The minimum Gasteiger partial charge on any atom is -0.493 e. The molecular formula is C23H27NO5. The Morgan fingerprint density at radius 1 is 1.10 bits per heavy atom. The van der Waals surface area contributed by atoms with Gasteiger partial charge < -0.3 is 24.6 Å². The molecule has 3 rings (SSSR count). The van der Waals surface area contributed by atoms with Crippen molar-refractivity contribution in [1.29, 1.82) is 0 Å². The van der Waals surface area contributed by atoms with E-state index in [4.69, 9.17) is 14.2 Å². The lowest BCUT2D eigenvalue weighted by Crippen LogP contribution is -2.46. The maximum Gasteiger partial charge on any atom is 0.244 e. The largest absolute Gasteiger partial charge is 0.493 e. The van der Waals surface area contributed by atoms with Crippen LogP contribution in [-0.2, 0) is 17.6 Å². The molecular weight excluding hydrogens is 370 g/mol. The Balaban J connectivity index is 1.63. The lowest BCUT2D eigenvalue weighted by molar-refractivity contribution is -0.117. The van der Waals surface area contributed by atoms with E-state index in [1.54, 1.807) is 32.4 Å². The van der Waals surface area contributed by atoms with Crippen molar-refractivity contribution >= 4 is 12.0 Å². The van der Waals surface area contributed by atoms with E-state index in [-0.39, 0.29) is 12.5 Å². The summed E-state index contributed by atoms with van der Waals surface area (Å²) in [6, 6.07) is 11.6. The van der Waals surface area contributed by atoms with Crippen molar-refractivity contribution < 1.29 is 24.1 Å². The van der Waals surface area contributed by atoms with Gasteiger partial charge in [-0.05, 0) is 47.7 Å². The minimum absolute atomic E-state index is 0.208. The van der Waals surface area contributed by atoms with Gasteiger partial charge in [-0.2, -0.15) is 0 Å². The van der Waals surface area contributed by atoms with Gasteiger partial charge in [0.15, 0.2) is 11.5 Å². The van der Waals surface area contributed by atoms with Crippen LogP contribution in [0.2, 0.25) is 0 Å². The normalized spacial score (nSPS) is 18.2. The van der Waals surface area contributed by atoms with Crippen LogP contribution in [0.4, 0.5) is 0 Å². The number of nitrogens with one attached hydrogen (secondary N) is 1. The lowest BCUT2D eigenvalue weighted by atomic mass is 9.80. The van der Waals surface area contributed by atoms with Crippen molar-refractivity contribution in [3.63, 3.8) is 0 Å². The fraction of sp³-hybridized carbons (Fsp3) is 0.348. The molecule has 0 saturated carbocycles. The first-order valence-corrected chi connectivity index (χ1v) is 9.53. The Morgan fingerprint density at radius 2 is 1.76 bits per heavy atom. The number of aliphatic hydroxyl groups is 1. The molecule has 29 heavy (non-hydrogen) atoms. The van der Waals surface area contributed by atoms with Crippen molar-refractivity contribution in [1.82, 2.24) is 5.32 Å². The fourth-order valence-corrected chi connectivity index (χ4v) is 3.62. The van der Waals surface area contributed by atoms with Crippen LogP contribution in [0.1, 0.15) is 23.1 Å². The van der Waals surface area contributed by atoms with Crippen molar-refractivity contribution in [2.45, 2.75) is 24.9 Å². The van der Waals surface area contributed by atoms with E-state index in [1.165, 1.54) is 18.7 Å². The number of hydrogen-bond donors (Lipinski definition) is 2. The number of carbonyl (C=O) groups is 1. The highest BCUT2D eigenvalue weighted by atomic mass is 16.5. The Kier molecular flexibility index (Phi) is 6.44. The summed E-state index contributed by atoms with van der Waals surface area (Å²) in [6.45, 7) is 0.208. The molecule has 0 radical (unpaired) electrons. The molecule has 6 nitrogen and oxygen atoms in total. The number of amides is 1. The highest BCUT2D eigenvalue weighted by Gasteiger charge is 2.32. The molecule has 0 spiro atoms. The quantitative estimate of drug-likeness (QED) is 0.703. The van der Waals surface area contributed by atoms with Gasteiger partial charge in [-0.15, -0.1) is 0 Å². The van der Waals surface area contributed by atoms with E-state index in [2.05, 4.69) is 11.4 Å². The molecule has 1 amide bonds. The van der Waals surface area contributed by atoms with Crippen LogP contribution in [0, 0.1) is 0 Å². The van der Waals surface area contributed by atoms with E-state index in [1.807, 2.05) is 18.2 Å². The Labute approximate surface area is 171 Å². The zero-order valence-electron chi connectivity index (χ0n) is 17.0. The van der Waals surface area contributed by atoms with Crippen LogP contribution >= 0.6 is 0 Å². The number of rotatable bonds is 7. The standard InChI is InChI=1S/C23H27NO5/c1-27-19-12-16(13-20(28-2)22(19)29-3)8-9-21(25)24-15-23(26)11-10-17-6-4-5-7-18(17)14-23/h4-9,12-13,26H,10-11,14-15H2,1-3H3,(H,24,25)/b9-8+/t23-/m1/s1. The summed E-state index contributed by atoms with van der Waals surface area (Å²) in [5, 5.41) is 13.7. The molecule has 0 fully saturated rings. The molecule has 0 aliphatic heterocycles. The summed E-state index contributed by atoms with van der Waals surface area (Å²) >= 11 is 0. The van der Waals surface area contributed by atoms with Crippen LogP contribution in [0.15, 0.2) is 42.5 Å². The lowest BCUT2D eigenvalue weighted by Gasteiger charge is -2.33. The zero-order valence-corrected chi connectivity index (χ0v) is 17.0. The molecule has 154 valence electrons. The monoisotopic (exact) mass is 397 g/mol. The number of methoxy groups -OCH3 is 3. The van der Waals surface area contributed by atoms with Crippen LogP contribution in [-0.4, -0.2) is 44.5 Å². The van der Waals surface area contributed by atoms with Gasteiger partial charge >= 0.3 is 0 Å². The third-order valence-corrected chi connectivity index (χ3v) is 5.20. The second-order valence-electron chi connectivity index (χ2n) is 7.18. The Hall–Kier alpha value is -2.99. The average Bonchev–Trinajstić information content (AvgIpc) is 2.75. The molecule has 0 saturated heterocycles. The summed E-state index contributed by atoms with van der Waals surface area (Å²) in [5.74, 6) is 1.26. The van der Waals surface area contributed by atoms with Gasteiger partial charge in [-0.3, -0.25) is 4.79 Å². The predicted molar refractivity (Wildman–Crippen MR) is 112 cm³/mol. The van der Waals surface area contributed by atoms with Crippen molar-refractivity contribution in [3.8, 4) is 17.2 Å². The van der Waals surface area contributed by atoms with Gasteiger partial charge in [0.25, 0.3) is 0 Å². The molecule has 2 aromatic rings. The van der Waals surface area contributed by atoms with Gasteiger partial charge in [0.2, 0.25) is 11.7 Å². The molecule has 0 heterocycles. The third-order valence-electron chi connectivity index (χ3n) is 5.20. The highest BCUT2D eigenvalue weighted by Crippen LogP contribution is 2.38. The van der Waals surface area contributed by atoms with Crippen LogP contribution in [0.3, 0.4) is 0 Å². The van der Waals surface area contributed by atoms with Crippen LogP contribution in [0.5, 0.6) is 17.2 Å². The van der Waals surface area contributed by atoms with E-state index in [9.17, 15) is 9.90 Å². The van der Waals surface area contributed by atoms with Gasteiger partial charge in [0.05, 0.1) is 26.9 Å². The molecule has 0 bridgehead atoms. The smallest absolute Gasteiger partial charge is 0.244 e. The second-order valence-corrected chi connectivity index (χ2v) is 7.18. The Bertz CT molecular complexity index is 883. The summed E-state index contributed by atoms with van der Waals surface area (Å²) in [5.41, 5.74) is 2.22. The first-order chi connectivity index (χ1) is 14.0. The van der Waals surface area contributed by atoms with Crippen LogP contribution in [0.25, 0.3) is 6.08 Å². The van der Waals surface area contributed by atoms with Crippen molar-refractivity contribution in [2.24, 2.45) is 0 Å². The van der Waals surface area contributed by atoms with Gasteiger partial charge in [0.1, 0.15) is 0 Å².